The molecule has 472 valence electrons. The Kier molecular flexibility index (Phi) is 57.8. The Hall–Kier alpha value is -1.59. The second-order valence-electron chi connectivity index (χ2n) is 24.7. The number of amides is 1. The van der Waals surface area contributed by atoms with Gasteiger partial charge in [0.15, 0.2) is 6.29 Å². The first-order valence-electron chi connectivity index (χ1n) is 35.2. The second-order valence-corrected chi connectivity index (χ2v) is 24.7. The van der Waals surface area contributed by atoms with Crippen LogP contribution in [0.15, 0.2) is 36.5 Å². The lowest BCUT2D eigenvalue weighted by Gasteiger charge is -2.40. The smallest absolute Gasteiger partial charge is 0.220 e. The van der Waals surface area contributed by atoms with Crippen LogP contribution in [0.2, 0.25) is 0 Å². The van der Waals surface area contributed by atoms with Crippen molar-refractivity contribution in [3.05, 3.63) is 36.5 Å². The van der Waals surface area contributed by atoms with E-state index in [0.717, 1.165) is 44.9 Å². The molecule has 0 aliphatic carbocycles. The molecule has 0 aromatic heterocycles. The number of carbonyl (C=O) groups is 1. The maximum Gasteiger partial charge on any atom is 0.220 e. The first-order chi connectivity index (χ1) is 39.3. The third-order valence-corrected chi connectivity index (χ3v) is 16.9. The average molecular weight is 1130 g/mol. The molecule has 1 fully saturated rings. The summed E-state index contributed by atoms with van der Waals surface area (Å²) < 4.78 is 11.3. The number of hydrogen-bond acceptors (Lipinski definition) is 8. The second kappa shape index (κ2) is 60.5. The minimum Gasteiger partial charge on any atom is -0.394 e. The third-order valence-electron chi connectivity index (χ3n) is 16.9. The van der Waals surface area contributed by atoms with Crippen LogP contribution in [0, 0.1) is 0 Å². The van der Waals surface area contributed by atoms with Crippen molar-refractivity contribution in [2.75, 3.05) is 13.2 Å². The first kappa shape index (κ1) is 76.4. The Morgan fingerprint density at radius 1 is 0.412 bits per heavy atom. The number of unbranched alkanes of at least 4 members (excludes halogenated alkanes) is 48. The van der Waals surface area contributed by atoms with Crippen LogP contribution in [0.3, 0.4) is 0 Å². The predicted octanol–water partition coefficient (Wildman–Crippen LogP) is 19.0. The number of aliphatic hydroxyl groups is 5. The van der Waals surface area contributed by atoms with Crippen molar-refractivity contribution in [2.45, 2.75) is 397 Å². The number of rotatable bonds is 62. The summed E-state index contributed by atoms with van der Waals surface area (Å²) in [7, 11) is 0. The van der Waals surface area contributed by atoms with E-state index in [-0.39, 0.29) is 12.5 Å². The van der Waals surface area contributed by atoms with Crippen molar-refractivity contribution in [1.29, 1.82) is 0 Å². The van der Waals surface area contributed by atoms with E-state index in [1.807, 2.05) is 6.08 Å². The predicted molar refractivity (Wildman–Crippen MR) is 341 cm³/mol. The summed E-state index contributed by atoms with van der Waals surface area (Å²) in [5.41, 5.74) is 0. The number of ether oxygens (including phenoxy) is 2. The lowest BCUT2D eigenvalue weighted by molar-refractivity contribution is -0.302. The van der Waals surface area contributed by atoms with Crippen molar-refractivity contribution in [2.24, 2.45) is 0 Å². The molecule has 1 aliphatic rings. The molecule has 1 amide bonds. The number of hydrogen-bond donors (Lipinski definition) is 6. The quantitative estimate of drug-likeness (QED) is 0.0261. The molecule has 80 heavy (non-hydrogen) atoms. The van der Waals surface area contributed by atoms with Gasteiger partial charge in [0.1, 0.15) is 24.4 Å². The molecule has 6 N–H and O–H groups in total. The topological polar surface area (TPSA) is 149 Å². The summed E-state index contributed by atoms with van der Waals surface area (Å²) >= 11 is 0. The van der Waals surface area contributed by atoms with Gasteiger partial charge in [0.2, 0.25) is 5.91 Å². The monoisotopic (exact) mass is 1130 g/mol. The lowest BCUT2D eigenvalue weighted by Crippen LogP contribution is -2.60. The van der Waals surface area contributed by atoms with Gasteiger partial charge in [-0.15, -0.1) is 0 Å². The fourth-order valence-corrected chi connectivity index (χ4v) is 11.4. The largest absolute Gasteiger partial charge is 0.394 e. The Morgan fingerprint density at radius 2 is 0.713 bits per heavy atom. The van der Waals surface area contributed by atoms with Gasteiger partial charge >= 0.3 is 0 Å². The highest BCUT2D eigenvalue weighted by Crippen LogP contribution is 2.23. The van der Waals surface area contributed by atoms with Crippen molar-refractivity contribution >= 4 is 5.91 Å². The summed E-state index contributed by atoms with van der Waals surface area (Å²) in [6.07, 6.45) is 74.1. The molecular formula is C71H135NO8. The van der Waals surface area contributed by atoms with Crippen LogP contribution in [-0.4, -0.2) is 87.5 Å². The molecule has 7 unspecified atom stereocenters. The molecule has 0 saturated carbocycles. The highest BCUT2D eigenvalue weighted by molar-refractivity contribution is 5.76. The molecule has 0 aromatic rings. The zero-order valence-electron chi connectivity index (χ0n) is 52.9. The Bertz CT molecular complexity index is 1360. The van der Waals surface area contributed by atoms with Gasteiger partial charge < -0.3 is 40.3 Å². The zero-order chi connectivity index (χ0) is 57.9. The highest BCUT2D eigenvalue weighted by Gasteiger charge is 2.44. The molecule has 0 spiro atoms. The van der Waals surface area contributed by atoms with Gasteiger partial charge in [-0.3, -0.25) is 4.79 Å². The van der Waals surface area contributed by atoms with Crippen LogP contribution in [0.1, 0.15) is 354 Å². The molecule has 1 saturated heterocycles. The molecular weight excluding hydrogens is 995 g/mol. The Balaban J connectivity index is 2.14. The Morgan fingerprint density at radius 3 is 1.05 bits per heavy atom. The van der Waals surface area contributed by atoms with Crippen LogP contribution in [0.5, 0.6) is 0 Å². The summed E-state index contributed by atoms with van der Waals surface area (Å²) in [6, 6.07) is -0.828. The minimum absolute atomic E-state index is 0.183. The normalized spacial score (nSPS) is 18.6. The van der Waals surface area contributed by atoms with E-state index >= 15 is 0 Å². The molecule has 0 radical (unpaired) electrons. The van der Waals surface area contributed by atoms with E-state index in [9.17, 15) is 30.3 Å². The third kappa shape index (κ3) is 48.7. The minimum atomic E-state index is -1.57. The zero-order valence-corrected chi connectivity index (χ0v) is 52.9. The number of aliphatic hydroxyl groups excluding tert-OH is 5. The van der Waals surface area contributed by atoms with E-state index in [2.05, 4.69) is 43.5 Å². The van der Waals surface area contributed by atoms with Gasteiger partial charge in [-0.05, 0) is 44.9 Å². The summed E-state index contributed by atoms with van der Waals surface area (Å²) in [5, 5.41) is 54.7. The van der Waals surface area contributed by atoms with Gasteiger partial charge in [0.05, 0.1) is 25.4 Å². The molecule has 0 aromatic carbocycles. The Labute approximate surface area is 495 Å². The molecule has 1 heterocycles. The number of nitrogens with one attached hydrogen (secondary N) is 1. The van der Waals surface area contributed by atoms with Crippen molar-refractivity contribution in [3.8, 4) is 0 Å². The lowest BCUT2D eigenvalue weighted by atomic mass is 9.99. The van der Waals surface area contributed by atoms with E-state index in [4.69, 9.17) is 9.47 Å². The average Bonchev–Trinajstić information content (AvgIpc) is 3.46. The van der Waals surface area contributed by atoms with Crippen molar-refractivity contribution in [1.82, 2.24) is 5.32 Å². The van der Waals surface area contributed by atoms with Crippen LogP contribution in [0.25, 0.3) is 0 Å². The van der Waals surface area contributed by atoms with Gasteiger partial charge in [0, 0.05) is 6.42 Å². The van der Waals surface area contributed by atoms with Gasteiger partial charge in [-0.25, -0.2) is 0 Å². The van der Waals surface area contributed by atoms with Gasteiger partial charge in [0.25, 0.3) is 0 Å². The molecule has 0 bridgehead atoms. The molecule has 9 heteroatoms. The van der Waals surface area contributed by atoms with Crippen LogP contribution < -0.4 is 5.32 Å². The van der Waals surface area contributed by atoms with Crippen LogP contribution in [-0.2, 0) is 14.3 Å². The summed E-state index contributed by atoms with van der Waals surface area (Å²) in [6.45, 7) is 3.81. The number of carbonyl (C=O) groups excluding carboxylic acids is 1. The van der Waals surface area contributed by atoms with Crippen molar-refractivity contribution in [3.63, 3.8) is 0 Å². The standard InChI is InChI=1S/C71H135NO8/c1-3-5-7-9-11-13-15-17-19-21-23-25-27-29-30-31-32-33-34-35-37-39-41-43-45-47-49-51-53-55-57-59-61-67(75)72-64(63-79-71-70(78)69(77)68(76)66(62-73)80-71)65(74)60-58-56-54-52-50-48-46-44-42-40-38-36-28-26-24-22-20-18-16-14-12-10-8-6-4-2/h42,44,50,52,58,60,64-66,68-71,73-74,76-78H,3-41,43,45-49,51,53-57,59,61-63H2,1-2H3,(H,72,75)/b44-42+,52-50+,60-58+. The fraction of sp³-hybridized carbons (Fsp3) is 0.901. The molecule has 1 rings (SSSR count). The maximum absolute atomic E-state index is 13.1. The van der Waals surface area contributed by atoms with E-state index in [1.165, 1.54) is 289 Å². The highest BCUT2D eigenvalue weighted by atomic mass is 16.7. The van der Waals surface area contributed by atoms with Gasteiger partial charge in [-0.2, -0.15) is 0 Å². The maximum atomic E-state index is 13.1. The SMILES string of the molecule is CCCCCCCCCCCCCCCCC/C=C/CC/C=C/CC/C=C/C(O)C(COC1OC(CO)C(O)C(O)C1O)NC(=O)CCCCCCCCCCCCCCCCCCCCCCCCCCCCCCCCCC. The summed E-state index contributed by atoms with van der Waals surface area (Å²) in [4.78, 5) is 13.1. The summed E-state index contributed by atoms with van der Waals surface area (Å²) in [5.74, 6) is -0.183. The van der Waals surface area contributed by atoms with Gasteiger partial charge in [-0.1, -0.05) is 339 Å². The molecule has 1 aliphatic heterocycles. The molecule has 9 nitrogen and oxygen atoms in total. The molecule has 7 atom stereocenters. The van der Waals surface area contributed by atoms with Crippen LogP contribution in [0.4, 0.5) is 0 Å². The van der Waals surface area contributed by atoms with E-state index < -0.39 is 49.5 Å². The van der Waals surface area contributed by atoms with Crippen molar-refractivity contribution < 1.29 is 39.8 Å². The van der Waals surface area contributed by atoms with E-state index in [1.54, 1.807) is 6.08 Å². The fourth-order valence-electron chi connectivity index (χ4n) is 11.4. The van der Waals surface area contributed by atoms with E-state index in [0.29, 0.717) is 6.42 Å². The number of allylic oxidation sites excluding steroid dienone is 5. The van der Waals surface area contributed by atoms with Crippen LogP contribution >= 0.6 is 0 Å². The first-order valence-corrected chi connectivity index (χ1v) is 35.2.